The lowest BCUT2D eigenvalue weighted by atomic mass is 10.2. The van der Waals surface area contributed by atoms with Crippen molar-refractivity contribution in [1.29, 1.82) is 0 Å². The van der Waals surface area contributed by atoms with Crippen molar-refractivity contribution in [3.63, 3.8) is 0 Å². The molecule has 0 saturated carbocycles. The van der Waals surface area contributed by atoms with E-state index in [9.17, 15) is 9.59 Å². The topological polar surface area (TPSA) is 66.4 Å². The van der Waals surface area contributed by atoms with Gasteiger partial charge in [0, 0.05) is 3.57 Å². The van der Waals surface area contributed by atoms with Crippen LogP contribution in [0.5, 0.6) is 0 Å². The zero-order valence-corrected chi connectivity index (χ0v) is 11.5. The molecule has 0 atom stereocenters. The van der Waals surface area contributed by atoms with Crippen molar-refractivity contribution in [2.24, 2.45) is 0 Å². The van der Waals surface area contributed by atoms with Crippen LogP contribution in [0.2, 0.25) is 0 Å². The Kier molecular flexibility index (Phi) is 5.07. The Bertz CT molecular complexity index is 423. The van der Waals surface area contributed by atoms with Gasteiger partial charge in [0.25, 0.3) is 0 Å². The summed E-state index contributed by atoms with van der Waals surface area (Å²) in [5.41, 5.74) is 0.452. The molecule has 0 bridgehead atoms. The molecule has 16 heavy (non-hydrogen) atoms. The summed E-state index contributed by atoms with van der Waals surface area (Å²) in [5, 5.41) is 11.5. The lowest BCUT2D eigenvalue weighted by Crippen LogP contribution is -2.16. The summed E-state index contributed by atoms with van der Waals surface area (Å²) >= 11 is 3.41. The minimum absolute atomic E-state index is 0.112. The van der Waals surface area contributed by atoms with Crippen LogP contribution in [0.3, 0.4) is 0 Å². The summed E-state index contributed by atoms with van der Waals surface area (Å²) in [4.78, 5) is 22.3. The summed E-state index contributed by atoms with van der Waals surface area (Å²) < 4.78 is 0.817. The van der Waals surface area contributed by atoms with Crippen LogP contribution in [0.15, 0.2) is 18.2 Å². The summed E-state index contributed by atoms with van der Waals surface area (Å²) in [6.07, 6.45) is 1.81. The van der Waals surface area contributed by atoms with E-state index in [1.54, 1.807) is 12.1 Å². The number of thioether (sulfide) groups is 1. The maximum atomic E-state index is 11.3. The molecule has 86 valence electrons. The fourth-order valence-electron chi connectivity index (χ4n) is 1.12. The Morgan fingerprint density at radius 2 is 2.19 bits per heavy atom. The van der Waals surface area contributed by atoms with Gasteiger partial charge in [-0.3, -0.25) is 4.79 Å². The third-order valence-corrected chi connectivity index (χ3v) is 2.98. The van der Waals surface area contributed by atoms with Crippen LogP contribution in [-0.4, -0.2) is 29.0 Å². The largest absolute Gasteiger partial charge is 0.478 e. The fourth-order valence-corrected chi connectivity index (χ4v) is 1.95. The summed E-state index contributed by atoms with van der Waals surface area (Å²) in [6.45, 7) is 0. The number of amides is 1. The van der Waals surface area contributed by atoms with E-state index in [2.05, 4.69) is 5.32 Å². The molecule has 0 saturated heterocycles. The highest BCUT2D eigenvalue weighted by Gasteiger charge is 2.12. The van der Waals surface area contributed by atoms with E-state index < -0.39 is 5.97 Å². The minimum Gasteiger partial charge on any atom is -0.478 e. The second kappa shape index (κ2) is 6.09. The molecule has 0 spiro atoms. The average Bonchev–Trinajstić information content (AvgIpc) is 2.20. The van der Waals surface area contributed by atoms with Crippen molar-refractivity contribution < 1.29 is 14.7 Å². The molecule has 0 fully saturated rings. The maximum absolute atomic E-state index is 11.3. The molecule has 0 aliphatic rings. The molecule has 0 heterocycles. The third-order valence-electron chi connectivity index (χ3n) is 1.76. The van der Waals surface area contributed by atoms with Crippen LogP contribution in [0.4, 0.5) is 5.69 Å². The highest BCUT2D eigenvalue weighted by Crippen LogP contribution is 2.19. The van der Waals surface area contributed by atoms with Crippen molar-refractivity contribution in [2.75, 3.05) is 17.3 Å². The van der Waals surface area contributed by atoms with Crippen molar-refractivity contribution in [3.05, 3.63) is 27.3 Å². The summed E-state index contributed by atoms with van der Waals surface area (Å²) in [7, 11) is 0. The van der Waals surface area contributed by atoms with Crippen molar-refractivity contribution in [1.82, 2.24) is 0 Å². The van der Waals surface area contributed by atoms with Gasteiger partial charge in [-0.2, -0.15) is 11.8 Å². The number of hydrogen-bond acceptors (Lipinski definition) is 3. The molecule has 2 N–H and O–H groups in total. The smallest absolute Gasteiger partial charge is 0.337 e. The fraction of sp³-hybridized carbons (Fsp3) is 0.200. The lowest BCUT2D eigenvalue weighted by Gasteiger charge is -2.08. The monoisotopic (exact) mass is 351 g/mol. The van der Waals surface area contributed by atoms with Crippen molar-refractivity contribution in [3.8, 4) is 0 Å². The number of benzene rings is 1. The van der Waals surface area contributed by atoms with Gasteiger partial charge in [0.15, 0.2) is 0 Å². The molecule has 0 aliphatic heterocycles. The Morgan fingerprint density at radius 1 is 1.50 bits per heavy atom. The molecule has 1 aromatic carbocycles. The van der Waals surface area contributed by atoms with Gasteiger partial charge >= 0.3 is 5.97 Å². The van der Waals surface area contributed by atoms with E-state index in [0.29, 0.717) is 11.4 Å². The van der Waals surface area contributed by atoms with Gasteiger partial charge in [0.2, 0.25) is 5.91 Å². The number of carbonyl (C=O) groups is 2. The van der Waals surface area contributed by atoms with Gasteiger partial charge in [0.1, 0.15) is 0 Å². The lowest BCUT2D eigenvalue weighted by molar-refractivity contribution is -0.113. The number of anilines is 1. The first-order valence-electron chi connectivity index (χ1n) is 4.36. The van der Waals surface area contributed by atoms with Crippen LogP contribution in [0.25, 0.3) is 0 Å². The molecule has 0 radical (unpaired) electrons. The molecule has 6 heteroatoms. The molecular formula is C10H10INO3S. The molecule has 0 aromatic heterocycles. The maximum Gasteiger partial charge on any atom is 0.337 e. The SMILES string of the molecule is CSCC(=O)Nc1ccc(I)cc1C(=O)O. The molecule has 0 unspecified atom stereocenters. The Balaban J connectivity index is 2.95. The number of hydrogen-bond donors (Lipinski definition) is 2. The number of carboxylic acids is 1. The van der Waals surface area contributed by atoms with Gasteiger partial charge in [0.05, 0.1) is 17.0 Å². The van der Waals surface area contributed by atoms with Gasteiger partial charge < -0.3 is 10.4 Å². The molecule has 0 aliphatic carbocycles. The van der Waals surface area contributed by atoms with Gasteiger partial charge in [-0.05, 0) is 47.0 Å². The molecular weight excluding hydrogens is 341 g/mol. The summed E-state index contributed by atoms with van der Waals surface area (Å²) in [6, 6.07) is 4.88. The van der Waals surface area contributed by atoms with Gasteiger partial charge in [-0.25, -0.2) is 4.79 Å². The predicted molar refractivity (Wildman–Crippen MR) is 73.1 cm³/mol. The molecule has 1 aromatic rings. The number of nitrogens with one attached hydrogen (secondary N) is 1. The van der Waals surface area contributed by atoms with Crippen LogP contribution in [0, 0.1) is 3.57 Å². The van der Waals surface area contributed by atoms with E-state index >= 15 is 0 Å². The first kappa shape index (κ1) is 13.3. The van der Waals surface area contributed by atoms with Crippen LogP contribution < -0.4 is 5.32 Å². The first-order valence-corrected chi connectivity index (χ1v) is 6.83. The Labute approximate surface area is 111 Å². The number of carbonyl (C=O) groups excluding carboxylic acids is 1. The number of aromatic carboxylic acids is 1. The number of carboxylic acid groups (broad SMARTS) is 1. The van der Waals surface area contributed by atoms with Crippen LogP contribution >= 0.6 is 34.4 Å². The predicted octanol–water partition coefficient (Wildman–Crippen LogP) is 2.29. The Morgan fingerprint density at radius 3 is 2.75 bits per heavy atom. The van der Waals surface area contributed by atoms with E-state index in [1.807, 2.05) is 28.8 Å². The summed E-state index contributed by atoms with van der Waals surface area (Å²) in [5.74, 6) is -0.931. The second-order valence-electron chi connectivity index (χ2n) is 2.98. The molecule has 1 amide bonds. The quantitative estimate of drug-likeness (QED) is 0.817. The van der Waals surface area contributed by atoms with Crippen molar-refractivity contribution in [2.45, 2.75) is 0 Å². The minimum atomic E-state index is -1.04. The Hall–Kier alpha value is -0.760. The standard InChI is InChI=1S/C10H10INO3S/c1-16-5-9(13)12-8-3-2-6(11)4-7(8)10(14)15/h2-4H,5H2,1H3,(H,12,13)(H,14,15). The highest BCUT2D eigenvalue weighted by molar-refractivity contribution is 14.1. The van der Waals surface area contributed by atoms with Crippen LogP contribution in [0.1, 0.15) is 10.4 Å². The third kappa shape index (κ3) is 3.67. The normalized spacial score (nSPS) is 9.88. The number of rotatable bonds is 4. The highest BCUT2D eigenvalue weighted by atomic mass is 127. The molecule has 1 rings (SSSR count). The number of halogens is 1. The average molecular weight is 351 g/mol. The zero-order valence-electron chi connectivity index (χ0n) is 8.49. The zero-order chi connectivity index (χ0) is 12.1. The second-order valence-corrected chi connectivity index (χ2v) is 5.09. The van der Waals surface area contributed by atoms with Crippen molar-refractivity contribution >= 4 is 51.9 Å². The van der Waals surface area contributed by atoms with E-state index in [0.717, 1.165) is 3.57 Å². The molecule has 4 nitrogen and oxygen atoms in total. The van der Waals surface area contributed by atoms with E-state index in [-0.39, 0.29) is 11.5 Å². The van der Waals surface area contributed by atoms with E-state index in [4.69, 9.17) is 5.11 Å². The van der Waals surface area contributed by atoms with E-state index in [1.165, 1.54) is 17.8 Å². The van der Waals surface area contributed by atoms with Gasteiger partial charge in [-0.15, -0.1) is 0 Å². The van der Waals surface area contributed by atoms with Gasteiger partial charge in [-0.1, -0.05) is 0 Å². The first-order chi connectivity index (χ1) is 7.54. The van der Waals surface area contributed by atoms with Crippen LogP contribution in [-0.2, 0) is 4.79 Å².